The van der Waals surface area contributed by atoms with Gasteiger partial charge in [0.1, 0.15) is 0 Å². The number of carbonyl (C=O) groups is 1. The van der Waals surface area contributed by atoms with E-state index in [0.717, 1.165) is 29.5 Å². The van der Waals surface area contributed by atoms with Gasteiger partial charge in [0.25, 0.3) is 0 Å². The highest BCUT2D eigenvalue weighted by Crippen LogP contribution is 2.48. The van der Waals surface area contributed by atoms with Gasteiger partial charge in [0.05, 0.1) is 12.0 Å². The van der Waals surface area contributed by atoms with E-state index in [4.69, 9.17) is 11.6 Å². The van der Waals surface area contributed by atoms with Crippen LogP contribution in [0.4, 0.5) is 0 Å². The normalized spacial score (nSPS) is 15.4. The summed E-state index contributed by atoms with van der Waals surface area (Å²) in [6.07, 6.45) is 1.70. The van der Waals surface area contributed by atoms with E-state index in [1.54, 1.807) is 0 Å². The van der Waals surface area contributed by atoms with Gasteiger partial charge in [0, 0.05) is 11.6 Å². The molecule has 3 nitrogen and oxygen atoms in total. The van der Waals surface area contributed by atoms with Crippen LogP contribution in [-0.2, 0) is 23.4 Å². The van der Waals surface area contributed by atoms with E-state index >= 15 is 0 Å². The van der Waals surface area contributed by atoms with Crippen LogP contribution in [0.15, 0.2) is 48.5 Å². The van der Waals surface area contributed by atoms with Crippen molar-refractivity contribution in [3.05, 3.63) is 70.2 Å². The van der Waals surface area contributed by atoms with Gasteiger partial charge in [-0.3, -0.25) is 4.79 Å². The van der Waals surface area contributed by atoms with E-state index in [-0.39, 0.29) is 12.5 Å². The predicted octanol–water partition coefficient (Wildman–Crippen LogP) is 3.18. The molecule has 1 amide bonds. The monoisotopic (exact) mass is 315 g/mol. The zero-order valence-electron chi connectivity index (χ0n) is 12.2. The first-order chi connectivity index (χ1) is 10.7. The molecular weight excluding hydrogens is 298 g/mol. The molecule has 2 aromatic carbocycles. The Morgan fingerprint density at radius 3 is 2.50 bits per heavy atom. The molecule has 1 saturated carbocycles. The molecule has 2 aromatic rings. The average Bonchev–Trinajstić information content (AvgIpc) is 3.35. The van der Waals surface area contributed by atoms with E-state index < -0.39 is 5.41 Å². The van der Waals surface area contributed by atoms with Crippen molar-refractivity contribution in [2.75, 3.05) is 0 Å². The minimum atomic E-state index is -0.431. The predicted molar refractivity (Wildman–Crippen MR) is 86.6 cm³/mol. The number of nitrogens with one attached hydrogen (secondary N) is 1. The van der Waals surface area contributed by atoms with Gasteiger partial charge in [0.2, 0.25) is 5.91 Å². The van der Waals surface area contributed by atoms with Crippen LogP contribution in [0.2, 0.25) is 5.02 Å². The Morgan fingerprint density at radius 1 is 1.14 bits per heavy atom. The van der Waals surface area contributed by atoms with Crippen molar-refractivity contribution in [2.24, 2.45) is 0 Å². The summed E-state index contributed by atoms with van der Waals surface area (Å²) in [6, 6.07) is 15.1. The lowest BCUT2D eigenvalue weighted by atomic mass is 9.95. The Balaban J connectivity index is 1.72. The number of aliphatic hydroxyl groups excluding tert-OH is 1. The summed E-state index contributed by atoms with van der Waals surface area (Å²) in [5.41, 5.74) is 2.34. The maximum Gasteiger partial charge on any atom is 0.230 e. The number of aliphatic hydroxyl groups is 1. The number of halogens is 1. The van der Waals surface area contributed by atoms with E-state index in [1.165, 1.54) is 0 Å². The smallest absolute Gasteiger partial charge is 0.230 e. The molecule has 0 bridgehead atoms. The Hall–Kier alpha value is -1.84. The molecule has 4 heteroatoms. The van der Waals surface area contributed by atoms with Crippen molar-refractivity contribution in [2.45, 2.75) is 31.4 Å². The second-order valence-corrected chi connectivity index (χ2v) is 6.14. The van der Waals surface area contributed by atoms with Crippen LogP contribution >= 0.6 is 11.6 Å². The second-order valence-electron chi connectivity index (χ2n) is 5.70. The molecule has 114 valence electrons. The minimum Gasteiger partial charge on any atom is -0.392 e. The van der Waals surface area contributed by atoms with Gasteiger partial charge < -0.3 is 10.4 Å². The van der Waals surface area contributed by atoms with E-state index in [0.29, 0.717) is 11.6 Å². The molecule has 1 aliphatic rings. The fourth-order valence-corrected chi connectivity index (χ4v) is 2.98. The van der Waals surface area contributed by atoms with Crippen LogP contribution in [-0.4, -0.2) is 11.0 Å². The number of benzene rings is 2. The van der Waals surface area contributed by atoms with Crippen molar-refractivity contribution in [1.29, 1.82) is 0 Å². The van der Waals surface area contributed by atoms with Gasteiger partial charge in [0.15, 0.2) is 0 Å². The molecule has 0 atom stereocenters. The summed E-state index contributed by atoms with van der Waals surface area (Å²) in [5, 5.41) is 13.0. The number of hydrogen-bond donors (Lipinski definition) is 2. The Bertz CT molecular complexity index is 695. The fourth-order valence-electron chi connectivity index (χ4n) is 2.79. The molecule has 1 aliphatic carbocycles. The quantitative estimate of drug-likeness (QED) is 0.890. The van der Waals surface area contributed by atoms with Gasteiger partial charge in [-0.2, -0.15) is 0 Å². The molecule has 0 aliphatic heterocycles. The summed E-state index contributed by atoms with van der Waals surface area (Å²) in [4.78, 5) is 12.6. The standard InChI is InChI=1S/C18H18ClNO2/c19-16-7-3-6-15(10-16)18(8-9-18)17(22)20-11-13-4-1-2-5-14(13)12-21/h1-7,10,21H,8-9,11-12H2,(H,20,22). The summed E-state index contributed by atoms with van der Waals surface area (Å²) in [6.45, 7) is 0.406. The van der Waals surface area contributed by atoms with Gasteiger partial charge >= 0.3 is 0 Å². The number of carbonyl (C=O) groups excluding carboxylic acids is 1. The topological polar surface area (TPSA) is 49.3 Å². The van der Waals surface area contributed by atoms with Crippen LogP contribution < -0.4 is 5.32 Å². The van der Waals surface area contributed by atoms with Crippen molar-refractivity contribution in [3.8, 4) is 0 Å². The number of amides is 1. The van der Waals surface area contributed by atoms with Gasteiger partial charge in [-0.25, -0.2) is 0 Å². The molecule has 0 spiro atoms. The van der Waals surface area contributed by atoms with Crippen molar-refractivity contribution >= 4 is 17.5 Å². The summed E-state index contributed by atoms with van der Waals surface area (Å²) in [7, 11) is 0. The highest BCUT2D eigenvalue weighted by Gasteiger charge is 2.51. The Kier molecular flexibility index (Phi) is 4.19. The lowest BCUT2D eigenvalue weighted by Gasteiger charge is -2.17. The third-order valence-electron chi connectivity index (χ3n) is 4.29. The van der Waals surface area contributed by atoms with Crippen molar-refractivity contribution in [1.82, 2.24) is 5.32 Å². The first-order valence-electron chi connectivity index (χ1n) is 7.38. The molecule has 2 N–H and O–H groups in total. The van der Waals surface area contributed by atoms with E-state index in [2.05, 4.69) is 5.32 Å². The molecule has 22 heavy (non-hydrogen) atoms. The molecular formula is C18H18ClNO2. The number of rotatable bonds is 5. The summed E-state index contributed by atoms with van der Waals surface area (Å²) in [5.74, 6) is 0.0301. The first kappa shape index (κ1) is 15.1. The highest BCUT2D eigenvalue weighted by molar-refractivity contribution is 6.30. The average molecular weight is 316 g/mol. The Labute approximate surface area is 134 Å². The second kappa shape index (κ2) is 6.11. The third-order valence-corrected chi connectivity index (χ3v) is 4.53. The molecule has 0 heterocycles. The molecule has 3 rings (SSSR count). The first-order valence-corrected chi connectivity index (χ1v) is 7.75. The zero-order valence-corrected chi connectivity index (χ0v) is 12.9. The summed E-state index contributed by atoms with van der Waals surface area (Å²) >= 11 is 6.04. The van der Waals surface area contributed by atoms with Crippen LogP contribution in [0, 0.1) is 0 Å². The molecule has 1 fully saturated rings. The maximum atomic E-state index is 12.6. The van der Waals surface area contributed by atoms with Crippen LogP contribution in [0.5, 0.6) is 0 Å². The molecule has 0 aromatic heterocycles. The van der Waals surface area contributed by atoms with Gasteiger partial charge in [-0.15, -0.1) is 0 Å². The lowest BCUT2D eigenvalue weighted by Crippen LogP contribution is -2.34. The minimum absolute atomic E-state index is 0.0223. The zero-order chi connectivity index (χ0) is 15.6. The summed E-state index contributed by atoms with van der Waals surface area (Å²) < 4.78 is 0. The number of hydrogen-bond acceptors (Lipinski definition) is 2. The van der Waals surface area contributed by atoms with Crippen molar-refractivity contribution < 1.29 is 9.90 Å². The largest absolute Gasteiger partial charge is 0.392 e. The SMILES string of the molecule is O=C(NCc1ccccc1CO)C1(c2cccc(Cl)c2)CC1. The van der Waals surface area contributed by atoms with Gasteiger partial charge in [-0.1, -0.05) is 48.0 Å². The van der Waals surface area contributed by atoms with Crippen LogP contribution in [0.1, 0.15) is 29.5 Å². The van der Waals surface area contributed by atoms with Crippen LogP contribution in [0.3, 0.4) is 0 Å². The fraction of sp³-hybridized carbons (Fsp3) is 0.278. The lowest BCUT2D eigenvalue weighted by molar-refractivity contribution is -0.123. The van der Waals surface area contributed by atoms with E-state index in [9.17, 15) is 9.90 Å². The van der Waals surface area contributed by atoms with Crippen LogP contribution in [0.25, 0.3) is 0 Å². The van der Waals surface area contributed by atoms with Gasteiger partial charge in [-0.05, 0) is 41.7 Å². The van der Waals surface area contributed by atoms with Crippen molar-refractivity contribution in [3.63, 3.8) is 0 Å². The van der Waals surface area contributed by atoms with E-state index in [1.807, 2.05) is 48.5 Å². The third kappa shape index (κ3) is 2.87. The molecule has 0 saturated heterocycles. The maximum absolute atomic E-state index is 12.6. The molecule has 0 radical (unpaired) electrons. The Morgan fingerprint density at radius 2 is 1.86 bits per heavy atom. The molecule has 0 unspecified atom stereocenters. The highest BCUT2D eigenvalue weighted by atomic mass is 35.5.